The van der Waals surface area contributed by atoms with Crippen molar-refractivity contribution < 1.29 is 9.32 Å². The summed E-state index contributed by atoms with van der Waals surface area (Å²) in [4.78, 5) is 36.0. The maximum absolute atomic E-state index is 13.5. The molecule has 0 radical (unpaired) electrons. The Morgan fingerprint density at radius 1 is 0.909 bits per heavy atom. The largest absolute Gasteiger partial charge is 0.369 e. The molecule has 2 aromatic carbocycles. The zero-order valence-electron chi connectivity index (χ0n) is 25.4. The number of benzene rings is 2. The summed E-state index contributed by atoms with van der Waals surface area (Å²) >= 11 is 0. The SMILES string of the molecule is O=C(C[C@@H]1CCNC[C@@H]1Cc1cc(CN2CCN(c3ccccc3)CC2)on1)N1CCC(n2c(=O)[nH]c3ccccc32)CC1. The number of carbonyl (C=O) groups is 1. The van der Waals surface area contributed by atoms with Crippen molar-refractivity contribution in [2.24, 2.45) is 11.8 Å². The van der Waals surface area contributed by atoms with Gasteiger partial charge in [0, 0.05) is 63.5 Å². The second kappa shape index (κ2) is 13.0. The van der Waals surface area contributed by atoms with Gasteiger partial charge in [0.05, 0.1) is 23.3 Å². The van der Waals surface area contributed by atoms with Crippen LogP contribution < -0.4 is 15.9 Å². The lowest BCUT2D eigenvalue weighted by atomic mass is 9.81. The van der Waals surface area contributed by atoms with Gasteiger partial charge in [0.2, 0.25) is 5.91 Å². The number of imidazole rings is 1. The van der Waals surface area contributed by atoms with Crippen molar-refractivity contribution in [3.63, 3.8) is 0 Å². The predicted molar refractivity (Wildman–Crippen MR) is 171 cm³/mol. The standard InChI is InChI=1S/C34H43N7O3/c42-33(40-14-11-29(12-15-40)41-32-9-5-4-8-31(32)36-34(41)43)21-25-10-13-35-23-26(25)20-27-22-30(44-37-27)24-38-16-18-39(19-17-38)28-6-2-1-3-7-28/h1-9,22,25-26,29,35H,10-21,23-24H2,(H,36,43)/t25-,26-/m0/s1. The van der Waals surface area contributed by atoms with Gasteiger partial charge in [-0.3, -0.25) is 14.3 Å². The highest BCUT2D eigenvalue weighted by molar-refractivity contribution is 5.77. The van der Waals surface area contributed by atoms with E-state index in [1.165, 1.54) is 5.69 Å². The number of H-pyrrole nitrogens is 1. The minimum absolute atomic E-state index is 0.0600. The van der Waals surface area contributed by atoms with E-state index >= 15 is 0 Å². The number of nitrogens with one attached hydrogen (secondary N) is 2. The molecule has 0 aliphatic carbocycles. The number of para-hydroxylation sites is 3. The third-order valence-electron chi connectivity index (χ3n) is 9.96. The van der Waals surface area contributed by atoms with E-state index in [2.05, 4.69) is 61.7 Å². The van der Waals surface area contributed by atoms with Gasteiger partial charge in [-0.15, -0.1) is 0 Å². The summed E-state index contributed by atoms with van der Waals surface area (Å²) in [6.45, 7) is 8.01. The van der Waals surface area contributed by atoms with Crippen LogP contribution in [0.4, 0.5) is 5.69 Å². The summed E-state index contributed by atoms with van der Waals surface area (Å²) in [5.41, 5.74) is 4.03. The number of hydrogen-bond donors (Lipinski definition) is 2. The highest BCUT2D eigenvalue weighted by atomic mass is 16.5. The number of likely N-dealkylation sites (tertiary alicyclic amines) is 1. The molecule has 2 atom stereocenters. The molecule has 0 spiro atoms. The molecule has 2 aromatic heterocycles. The molecular weight excluding hydrogens is 554 g/mol. The van der Waals surface area contributed by atoms with Crippen molar-refractivity contribution in [1.82, 2.24) is 29.8 Å². The van der Waals surface area contributed by atoms with Gasteiger partial charge >= 0.3 is 5.69 Å². The van der Waals surface area contributed by atoms with E-state index in [1.54, 1.807) is 0 Å². The minimum atomic E-state index is -0.0600. The highest BCUT2D eigenvalue weighted by Gasteiger charge is 2.32. The Bertz CT molecular complexity index is 1600. The lowest BCUT2D eigenvalue weighted by Crippen LogP contribution is -2.45. The van der Waals surface area contributed by atoms with Crippen LogP contribution in [0.15, 0.2) is 70.0 Å². The van der Waals surface area contributed by atoms with Crippen molar-refractivity contribution >= 4 is 22.6 Å². The van der Waals surface area contributed by atoms with Crippen molar-refractivity contribution in [3.05, 3.63) is 82.6 Å². The first-order chi connectivity index (χ1) is 21.6. The van der Waals surface area contributed by atoms with Crippen LogP contribution in [0.2, 0.25) is 0 Å². The first-order valence-corrected chi connectivity index (χ1v) is 16.3. The normalized spacial score (nSPS) is 22.1. The second-order valence-corrected chi connectivity index (χ2v) is 12.7. The summed E-state index contributed by atoms with van der Waals surface area (Å²) in [6.07, 6.45) is 3.98. The molecule has 10 heteroatoms. The molecule has 5 heterocycles. The van der Waals surface area contributed by atoms with E-state index in [4.69, 9.17) is 4.52 Å². The fourth-order valence-corrected chi connectivity index (χ4v) is 7.47. The van der Waals surface area contributed by atoms with Crippen LogP contribution >= 0.6 is 0 Å². The molecule has 3 saturated heterocycles. The van der Waals surface area contributed by atoms with Gasteiger partial charge in [0.25, 0.3) is 0 Å². The molecule has 3 aliphatic heterocycles. The maximum atomic E-state index is 13.5. The number of carbonyl (C=O) groups excluding carboxylic acids is 1. The molecule has 0 bridgehead atoms. The smallest absolute Gasteiger partial charge is 0.326 e. The van der Waals surface area contributed by atoms with Gasteiger partial charge in [-0.1, -0.05) is 35.5 Å². The van der Waals surface area contributed by atoms with E-state index in [9.17, 15) is 9.59 Å². The Morgan fingerprint density at radius 3 is 2.50 bits per heavy atom. The van der Waals surface area contributed by atoms with Crippen LogP contribution in [0, 0.1) is 11.8 Å². The number of piperazine rings is 1. The maximum Gasteiger partial charge on any atom is 0.326 e. The van der Waals surface area contributed by atoms with Crippen LogP contribution in [-0.2, 0) is 17.8 Å². The number of rotatable bonds is 8. The van der Waals surface area contributed by atoms with Crippen LogP contribution in [0.1, 0.15) is 43.2 Å². The molecule has 3 fully saturated rings. The molecule has 10 nitrogen and oxygen atoms in total. The van der Waals surface area contributed by atoms with Gasteiger partial charge in [0.1, 0.15) is 0 Å². The van der Waals surface area contributed by atoms with Crippen LogP contribution in [0.25, 0.3) is 11.0 Å². The zero-order chi connectivity index (χ0) is 29.9. The Balaban J connectivity index is 0.901. The Morgan fingerprint density at radius 2 is 1.68 bits per heavy atom. The number of nitrogens with zero attached hydrogens (tertiary/aromatic N) is 5. The first kappa shape index (κ1) is 28.9. The third-order valence-corrected chi connectivity index (χ3v) is 9.96. The van der Waals surface area contributed by atoms with Crippen LogP contribution in [-0.4, -0.2) is 82.8 Å². The van der Waals surface area contributed by atoms with E-state index < -0.39 is 0 Å². The highest BCUT2D eigenvalue weighted by Crippen LogP contribution is 2.30. The Labute approximate surface area is 258 Å². The van der Waals surface area contributed by atoms with Crippen molar-refractivity contribution in [2.75, 3.05) is 57.3 Å². The Hall–Kier alpha value is -3.89. The quantitative estimate of drug-likeness (QED) is 0.320. The predicted octanol–water partition coefficient (Wildman–Crippen LogP) is 3.66. The number of aromatic amines is 1. The summed E-state index contributed by atoms with van der Waals surface area (Å²) in [7, 11) is 0. The van der Waals surface area contributed by atoms with Crippen molar-refractivity contribution in [3.8, 4) is 0 Å². The van der Waals surface area contributed by atoms with Gasteiger partial charge < -0.3 is 24.6 Å². The van der Waals surface area contributed by atoms with Gasteiger partial charge in [0.15, 0.2) is 5.76 Å². The van der Waals surface area contributed by atoms with Crippen molar-refractivity contribution in [1.29, 1.82) is 0 Å². The average molecular weight is 598 g/mol. The van der Waals surface area contributed by atoms with E-state index in [1.807, 2.05) is 33.7 Å². The number of fused-ring (bicyclic) bond motifs is 1. The number of anilines is 1. The second-order valence-electron chi connectivity index (χ2n) is 12.7. The molecule has 0 unspecified atom stereocenters. The third kappa shape index (κ3) is 6.32. The van der Waals surface area contributed by atoms with E-state index in [-0.39, 0.29) is 17.6 Å². The Kier molecular flexibility index (Phi) is 8.52. The van der Waals surface area contributed by atoms with Crippen molar-refractivity contribution in [2.45, 2.75) is 44.7 Å². The lowest BCUT2D eigenvalue weighted by molar-refractivity contribution is -0.134. The topological polar surface area (TPSA) is 103 Å². The fraction of sp³-hybridized carbons (Fsp3) is 0.500. The van der Waals surface area contributed by atoms with E-state index in [0.29, 0.717) is 31.3 Å². The molecule has 0 saturated carbocycles. The van der Waals surface area contributed by atoms with Gasteiger partial charge in [-0.25, -0.2) is 4.79 Å². The minimum Gasteiger partial charge on any atom is -0.369 e. The molecule has 232 valence electrons. The molecule has 3 aliphatic rings. The number of aromatic nitrogens is 3. The first-order valence-electron chi connectivity index (χ1n) is 16.3. The fourth-order valence-electron chi connectivity index (χ4n) is 7.47. The van der Waals surface area contributed by atoms with Crippen LogP contribution in [0.3, 0.4) is 0 Å². The molecule has 2 N–H and O–H groups in total. The molecule has 4 aromatic rings. The zero-order valence-corrected chi connectivity index (χ0v) is 25.4. The van der Waals surface area contributed by atoms with Gasteiger partial charge in [-0.2, -0.15) is 0 Å². The molecule has 44 heavy (non-hydrogen) atoms. The monoisotopic (exact) mass is 597 g/mol. The summed E-state index contributed by atoms with van der Waals surface area (Å²) in [5, 5.41) is 7.98. The number of hydrogen-bond acceptors (Lipinski definition) is 7. The average Bonchev–Trinajstić information content (AvgIpc) is 3.65. The summed E-state index contributed by atoms with van der Waals surface area (Å²) in [5.74, 6) is 1.83. The van der Waals surface area contributed by atoms with Gasteiger partial charge in [-0.05, 0) is 74.9 Å². The molecule has 7 rings (SSSR count). The molecular formula is C34H43N7O3. The number of piperidine rings is 2. The van der Waals surface area contributed by atoms with E-state index in [0.717, 1.165) is 94.0 Å². The lowest BCUT2D eigenvalue weighted by Gasteiger charge is -2.36. The summed E-state index contributed by atoms with van der Waals surface area (Å²) in [6, 6.07) is 20.7. The molecule has 1 amide bonds. The summed E-state index contributed by atoms with van der Waals surface area (Å²) < 4.78 is 7.67. The van der Waals surface area contributed by atoms with Crippen LogP contribution in [0.5, 0.6) is 0 Å². The number of amides is 1.